The van der Waals surface area contributed by atoms with Gasteiger partial charge in [-0.05, 0) is 12.1 Å². The van der Waals surface area contributed by atoms with Gasteiger partial charge in [-0.2, -0.15) is 5.10 Å². The zero-order chi connectivity index (χ0) is 6.97. The molecule has 0 radical (unpaired) electrons. The number of hydrogen-bond acceptors (Lipinski definition) is 2. The molecule has 0 saturated carbocycles. The van der Waals surface area contributed by atoms with Crippen LogP contribution in [0.1, 0.15) is 1.37 Å². The topological polar surface area (TPSA) is 41.6 Å². The Morgan fingerprint density at radius 1 is 1.67 bits per heavy atom. The van der Waals surface area contributed by atoms with E-state index in [1.807, 2.05) is 0 Å². The van der Waals surface area contributed by atoms with Gasteiger partial charge in [0, 0.05) is 6.20 Å². The van der Waals surface area contributed by atoms with E-state index < -0.39 is 0 Å². The molecule has 0 saturated heterocycles. The number of H-pyrrole nitrogens is 1. The molecule has 0 aromatic carbocycles. The zero-order valence-corrected chi connectivity index (χ0v) is 4.63. The van der Waals surface area contributed by atoms with Crippen molar-refractivity contribution in [1.29, 1.82) is 0 Å². The van der Waals surface area contributed by atoms with Crippen molar-refractivity contribution in [2.24, 2.45) is 0 Å². The van der Waals surface area contributed by atoms with Gasteiger partial charge in [0.25, 0.3) is 0 Å². The van der Waals surface area contributed by atoms with Crippen LogP contribution in [-0.2, 0) is 0 Å². The van der Waals surface area contributed by atoms with E-state index >= 15 is 0 Å². The van der Waals surface area contributed by atoms with Gasteiger partial charge in [0.2, 0.25) is 0 Å². The molecular weight excluding hydrogens is 114 g/mol. The zero-order valence-electron chi connectivity index (χ0n) is 5.63. The standard InChI is InChI=1S/C6H5N3/c1-2-5-6(7-3-1)4-8-9-5/h1-4H,(H,8,9)/i1D. The highest BCUT2D eigenvalue weighted by molar-refractivity contribution is 5.72. The molecule has 0 bridgehead atoms. The molecule has 2 rings (SSSR count). The number of aromatic amines is 1. The van der Waals surface area contributed by atoms with Gasteiger partial charge in [-0.1, -0.05) is 0 Å². The lowest BCUT2D eigenvalue weighted by molar-refractivity contribution is 1.12. The monoisotopic (exact) mass is 120 g/mol. The van der Waals surface area contributed by atoms with Crippen LogP contribution in [0.2, 0.25) is 0 Å². The van der Waals surface area contributed by atoms with E-state index in [1.165, 1.54) is 6.20 Å². The molecule has 0 amide bonds. The Balaban J connectivity index is 2.86. The molecule has 2 heterocycles. The second-order valence-electron chi connectivity index (χ2n) is 1.74. The SMILES string of the molecule is [2H]c1cnc2cn[nH]c2c1. The summed E-state index contributed by atoms with van der Waals surface area (Å²) in [6.07, 6.45) is 3.13. The molecule has 3 nitrogen and oxygen atoms in total. The molecule has 0 unspecified atom stereocenters. The Labute approximate surface area is 53.1 Å². The first-order valence-corrected chi connectivity index (χ1v) is 2.62. The van der Waals surface area contributed by atoms with Crippen molar-refractivity contribution in [3.8, 4) is 0 Å². The molecule has 0 fully saturated rings. The number of fused-ring (bicyclic) bond motifs is 1. The van der Waals surface area contributed by atoms with E-state index in [9.17, 15) is 0 Å². The predicted molar refractivity (Wildman–Crippen MR) is 33.9 cm³/mol. The van der Waals surface area contributed by atoms with Crippen LogP contribution in [0.5, 0.6) is 0 Å². The molecule has 2 aromatic heterocycles. The fourth-order valence-electron chi connectivity index (χ4n) is 0.726. The summed E-state index contributed by atoms with van der Waals surface area (Å²) < 4.78 is 7.21. The van der Waals surface area contributed by atoms with E-state index in [-0.39, 0.29) is 0 Å². The number of pyridine rings is 1. The Hall–Kier alpha value is -1.38. The normalized spacial score (nSPS) is 11.8. The summed E-state index contributed by atoms with van der Waals surface area (Å²) in [6.45, 7) is 0. The van der Waals surface area contributed by atoms with Crippen LogP contribution < -0.4 is 0 Å². The number of hydrogen-bond donors (Lipinski definition) is 1. The predicted octanol–water partition coefficient (Wildman–Crippen LogP) is 0.958. The molecule has 0 aliphatic heterocycles. The van der Waals surface area contributed by atoms with Crippen LogP contribution in [0.3, 0.4) is 0 Å². The Kier molecular flexibility index (Phi) is 0.621. The molecule has 44 valence electrons. The van der Waals surface area contributed by atoms with E-state index in [1.54, 1.807) is 12.3 Å². The fraction of sp³-hybridized carbons (Fsp3) is 0. The summed E-state index contributed by atoms with van der Waals surface area (Å²) in [7, 11) is 0. The Morgan fingerprint density at radius 2 is 2.67 bits per heavy atom. The number of rotatable bonds is 0. The van der Waals surface area contributed by atoms with Crippen molar-refractivity contribution in [1.82, 2.24) is 15.2 Å². The van der Waals surface area contributed by atoms with Crippen LogP contribution >= 0.6 is 0 Å². The lowest BCUT2D eigenvalue weighted by atomic mass is 10.4. The first-order chi connectivity index (χ1) is 4.86. The Morgan fingerprint density at radius 3 is 3.67 bits per heavy atom. The van der Waals surface area contributed by atoms with Crippen LogP contribution in [0.25, 0.3) is 11.0 Å². The summed E-state index contributed by atoms with van der Waals surface area (Å²) in [5.74, 6) is 0. The molecule has 2 aromatic rings. The van der Waals surface area contributed by atoms with Gasteiger partial charge < -0.3 is 0 Å². The highest BCUT2D eigenvalue weighted by Crippen LogP contribution is 2.02. The third-order valence-corrected chi connectivity index (χ3v) is 1.15. The van der Waals surface area contributed by atoms with Crippen molar-refractivity contribution in [2.75, 3.05) is 0 Å². The van der Waals surface area contributed by atoms with Gasteiger partial charge in [0.15, 0.2) is 0 Å². The first kappa shape index (κ1) is 3.61. The molecule has 3 heteroatoms. The largest absolute Gasteiger partial charge is 0.276 e. The van der Waals surface area contributed by atoms with E-state index in [2.05, 4.69) is 15.2 Å². The summed E-state index contributed by atoms with van der Waals surface area (Å²) in [5, 5.41) is 6.50. The lowest BCUT2D eigenvalue weighted by Gasteiger charge is -1.80. The molecular formula is C6H5N3. The van der Waals surface area contributed by atoms with Crippen molar-refractivity contribution in [3.05, 3.63) is 24.5 Å². The van der Waals surface area contributed by atoms with Gasteiger partial charge in [0.05, 0.1) is 13.1 Å². The average Bonchev–Trinajstić information content (AvgIpc) is 2.33. The quantitative estimate of drug-likeness (QED) is 0.562. The second kappa shape index (κ2) is 1.55. The number of aromatic nitrogens is 3. The minimum absolute atomic E-state index is 0.400. The summed E-state index contributed by atoms with van der Waals surface area (Å²) in [5.41, 5.74) is 1.61. The van der Waals surface area contributed by atoms with Crippen molar-refractivity contribution in [3.63, 3.8) is 0 Å². The smallest absolute Gasteiger partial charge is 0.108 e. The van der Waals surface area contributed by atoms with Crippen molar-refractivity contribution >= 4 is 11.0 Å². The average molecular weight is 120 g/mol. The lowest BCUT2D eigenvalue weighted by Crippen LogP contribution is -1.69. The summed E-state index contributed by atoms with van der Waals surface area (Å²) in [6, 6.07) is 2.09. The van der Waals surface area contributed by atoms with Crippen LogP contribution in [0.4, 0.5) is 0 Å². The van der Waals surface area contributed by atoms with Crippen LogP contribution in [0.15, 0.2) is 24.5 Å². The van der Waals surface area contributed by atoms with E-state index in [0.29, 0.717) is 6.04 Å². The Bertz CT molecular complexity index is 355. The van der Waals surface area contributed by atoms with Gasteiger partial charge in [-0.25, -0.2) is 0 Å². The third kappa shape index (κ3) is 0.579. The molecule has 0 aliphatic rings. The third-order valence-electron chi connectivity index (χ3n) is 1.15. The van der Waals surface area contributed by atoms with Crippen molar-refractivity contribution in [2.45, 2.75) is 0 Å². The maximum Gasteiger partial charge on any atom is 0.108 e. The second-order valence-corrected chi connectivity index (χ2v) is 1.74. The molecule has 0 atom stereocenters. The van der Waals surface area contributed by atoms with E-state index in [0.717, 1.165) is 11.0 Å². The number of nitrogens with zero attached hydrogens (tertiary/aromatic N) is 2. The highest BCUT2D eigenvalue weighted by atomic mass is 15.1. The van der Waals surface area contributed by atoms with Crippen molar-refractivity contribution < 1.29 is 1.37 Å². The first-order valence-electron chi connectivity index (χ1n) is 3.12. The van der Waals surface area contributed by atoms with Gasteiger partial charge in [0.1, 0.15) is 5.52 Å². The summed E-state index contributed by atoms with van der Waals surface area (Å²) >= 11 is 0. The maximum absolute atomic E-state index is 7.21. The van der Waals surface area contributed by atoms with Gasteiger partial charge in [-0.3, -0.25) is 10.1 Å². The maximum atomic E-state index is 7.21. The molecule has 9 heavy (non-hydrogen) atoms. The molecule has 1 N–H and O–H groups in total. The van der Waals surface area contributed by atoms with Crippen LogP contribution in [0, 0.1) is 0 Å². The minimum atomic E-state index is 0.400. The van der Waals surface area contributed by atoms with Crippen LogP contribution in [-0.4, -0.2) is 15.2 Å². The molecule has 0 spiro atoms. The minimum Gasteiger partial charge on any atom is -0.276 e. The van der Waals surface area contributed by atoms with Gasteiger partial charge >= 0.3 is 0 Å². The molecule has 0 aliphatic carbocycles. The summed E-state index contributed by atoms with van der Waals surface area (Å²) in [4.78, 5) is 3.96. The fourth-order valence-corrected chi connectivity index (χ4v) is 0.726. The van der Waals surface area contributed by atoms with E-state index in [4.69, 9.17) is 1.37 Å². The number of nitrogens with one attached hydrogen (secondary N) is 1. The highest BCUT2D eigenvalue weighted by Gasteiger charge is 1.89. The van der Waals surface area contributed by atoms with Gasteiger partial charge in [-0.15, -0.1) is 0 Å².